The summed E-state index contributed by atoms with van der Waals surface area (Å²) >= 11 is 4.71. The summed E-state index contributed by atoms with van der Waals surface area (Å²) in [6, 6.07) is 0. The highest BCUT2D eigenvalue weighted by Gasteiger charge is 2.28. The number of carboxylic acid groups (broad SMARTS) is 1. The second-order valence-electron chi connectivity index (χ2n) is 3.46. The molecule has 1 aromatic heterocycles. The topological polar surface area (TPSA) is 50.2 Å². The molecule has 72 valence electrons. The summed E-state index contributed by atoms with van der Waals surface area (Å²) in [6.45, 7) is 3.39. The highest BCUT2D eigenvalue weighted by molar-refractivity contribution is 9.11. The Hall–Kier alpha value is -0.420. The van der Waals surface area contributed by atoms with Gasteiger partial charge in [0, 0.05) is 11.8 Å². The molecule has 0 aliphatic heterocycles. The summed E-state index contributed by atoms with van der Waals surface area (Å²) in [6.07, 6.45) is 0.463. The SMILES string of the molecule is CC(C)(Cc1csc(Br)n1)C(=O)O. The van der Waals surface area contributed by atoms with Gasteiger partial charge in [-0.3, -0.25) is 4.79 Å². The molecule has 0 aliphatic carbocycles. The van der Waals surface area contributed by atoms with Crippen molar-refractivity contribution < 1.29 is 9.90 Å². The van der Waals surface area contributed by atoms with Crippen LogP contribution in [-0.2, 0) is 11.2 Å². The normalized spacial score (nSPS) is 11.6. The first kappa shape index (κ1) is 10.7. The fraction of sp³-hybridized carbons (Fsp3) is 0.500. The molecule has 0 amide bonds. The van der Waals surface area contributed by atoms with Crippen LogP contribution in [0.1, 0.15) is 19.5 Å². The van der Waals surface area contributed by atoms with Crippen LogP contribution in [0.4, 0.5) is 0 Å². The first-order chi connectivity index (χ1) is 5.92. The second-order valence-corrected chi connectivity index (χ2v) is 5.59. The molecule has 0 aromatic carbocycles. The minimum atomic E-state index is -0.795. The maximum absolute atomic E-state index is 10.8. The number of halogens is 1. The maximum Gasteiger partial charge on any atom is 0.309 e. The molecule has 1 N–H and O–H groups in total. The summed E-state index contributed by atoms with van der Waals surface area (Å²) in [5, 5.41) is 10.7. The largest absolute Gasteiger partial charge is 0.481 e. The number of nitrogens with zero attached hydrogens (tertiary/aromatic N) is 1. The average Bonchev–Trinajstić information content (AvgIpc) is 2.34. The lowest BCUT2D eigenvalue weighted by atomic mass is 9.88. The van der Waals surface area contributed by atoms with Crippen molar-refractivity contribution in [3.05, 3.63) is 15.0 Å². The van der Waals surface area contributed by atoms with Crippen LogP contribution in [0, 0.1) is 5.41 Å². The zero-order valence-corrected chi connectivity index (χ0v) is 9.78. The van der Waals surface area contributed by atoms with Crippen LogP contribution in [-0.4, -0.2) is 16.1 Å². The highest BCUT2D eigenvalue weighted by atomic mass is 79.9. The van der Waals surface area contributed by atoms with Crippen molar-refractivity contribution in [2.24, 2.45) is 5.41 Å². The summed E-state index contributed by atoms with van der Waals surface area (Å²) < 4.78 is 0.795. The molecule has 0 spiro atoms. The maximum atomic E-state index is 10.8. The summed E-state index contributed by atoms with van der Waals surface area (Å²) in [5.41, 5.74) is 0.0809. The first-order valence-corrected chi connectivity index (χ1v) is 5.42. The number of hydrogen-bond donors (Lipinski definition) is 1. The Kier molecular flexibility index (Phi) is 3.08. The predicted octanol–water partition coefficient (Wildman–Crippen LogP) is 2.56. The van der Waals surface area contributed by atoms with Gasteiger partial charge in [-0.15, -0.1) is 11.3 Å². The second kappa shape index (κ2) is 3.75. The molecule has 0 unspecified atom stereocenters. The van der Waals surface area contributed by atoms with Crippen LogP contribution < -0.4 is 0 Å². The Morgan fingerprint density at radius 2 is 2.38 bits per heavy atom. The van der Waals surface area contributed by atoms with E-state index in [-0.39, 0.29) is 0 Å². The minimum Gasteiger partial charge on any atom is -0.481 e. The van der Waals surface area contributed by atoms with Gasteiger partial charge in [-0.1, -0.05) is 0 Å². The third-order valence-corrected chi connectivity index (χ3v) is 3.14. The van der Waals surface area contributed by atoms with E-state index in [0.29, 0.717) is 6.42 Å². The monoisotopic (exact) mass is 263 g/mol. The minimum absolute atomic E-state index is 0.463. The molecule has 5 heteroatoms. The molecule has 0 saturated carbocycles. The van der Waals surface area contributed by atoms with E-state index in [1.165, 1.54) is 11.3 Å². The van der Waals surface area contributed by atoms with Crippen molar-refractivity contribution in [1.82, 2.24) is 4.98 Å². The first-order valence-electron chi connectivity index (χ1n) is 3.75. The molecular weight excluding hydrogens is 254 g/mol. The Bertz CT molecular complexity index is 322. The molecule has 0 atom stereocenters. The number of aliphatic carboxylic acids is 1. The number of aromatic nitrogens is 1. The smallest absolute Gasteiger partial charge is 0.309 e. The molecular formula is C8H10BrNO2S. The van der Waals surface area contributed by atoms with Gasteiger partial charge in [-0.2, -0.15) is 0 Å². The lowest BCUT2D eigenvalue weighted by Gasteiger charge is -2.16. The zero-order chi connectivity index (χ0) is 10.1. The van der Waals surface area contributed by atoms with Crippen LogP contribution >= 0.6 is 27.3 Å². The van der Waals surface area contributed by atoms with Crippen LogP contribution in [0.15, 0.2) is 9.30 Å². The number of carbonyl (C=O) groups is 1. The molecule has 0 saturated heterocycles. The fourth-order valence-electron chi connectivity index (χ4n) is 0.892. The van der Waals surface area contributed by atoms with Crippen molar-refractivity contribution in [3.63, 3.8) is 0 Å². The molecule has 1 rings (SSSR count). The van der Waals surface area contributed by atoms with E-state index >= 15 is 0 Å². The Labute approximate surface area is 88.9 Å². The van der Waals surface area contributed by atoms with Gasteiger partial charge < -0.3 is 5.11 Å². The third-order valence-electron chi connectivity index (χ3n) is 1.73. The van der Waals surface area contributed by atoms with Gasteiger partial charge in [0.15, 0.2) is 3.92 Å². The van der Waals surface area contributed by atoms with Gasteiger partial charge in [0.2, 0.25) is 0 Å². The Balaban J connectivity index is 2.74. The zero-order valence-electron chi connectivity index (χ0n) is 7.37. The van der Waals surface area contributed by atoms with Crippen LogP contribution in [0.2, 0.25) is 0 Å². The van der Waals surface area contributed by atoms with Gasteiger partial charge in [0.05, 0.1) is 11.1 Å². The van der Waals surface area contributed by atoms with Crippen molar-refractivity contribution in [2.45, 2.75) is 20.3 Å². The van der Waals surface area contributed by atoms with E-state index in [1.54, 1.807) is 13.8 Å². The van der Waals surface area contributed by atoms with Gasteiger partial charge in [0.1, 0.15) is 0 Å². The van der Waals surface area contributed by atoms with E-state index in [0.717, 1.165) is 9.61 Å². The molecule has 0 fully saturated rings. The molecule has 1 heterocycles. The Morgan fingerprint density at radius 3 is 2.77 bits per heavy atom. The molecule has 0 aliphatic rings. The summed E-state index contributed by atoms with van der Waals surface area (Å²) in [7, 11) is 0. The van der Waals surface area contributed by atoms with Crippen LogP contribution in [0.25, 0.3) is 0 Å². The lowest BCUT2D eigenvalue weighted by molar-refractivity contribution is -0.146. The standard InChI is InChI=1S/C8H10BrNO2S/c1-8(2,6(11)12)3-5-4-13-7(9)10-5/h4H,3H2,1-2H3,(H,11,12). The van der Waals surface area contributed by atoms with E-state index < -0.39 is 11.4 Å². The quantitative estimate of drug-likeness (QED) is 0.912. The molecule has 3 nitrogen and oxygen atoms in total. The fourth-order valence-corrected chi connectivity index (χ4v) is 1.94. The van der Waals surface area contributed by atoms with Crippen molar-refractivity contribution >= 4 is 33.2 Å². The molecule has 0 radical (unpaired) electrons. The van der Waals surface area contributed by atoms with Gasteiger partial charge in [-0.25, -0.2) is 4.98 Å². The third kappa shape index (κ3) is 2.77. The number of carboxylic acids is 1. The van der Waals surface area contributed by atoms with E-state index in [1.807, 2.05) is 5.38 Å². The van der Waals surface area contributed by atoms with Crippen LogP contribution in [0.5, 0.6) is 0 Å². The van der Waals surface area contributed by atoms with Gasteiger partial charge in [-0.05, 0) is 29.8 Å². The molecule has 13 heavy (non-hydrogen) atoms. The van der Waals surface area contributed by atoms with E-state index in [9.17, 15) is 4.79 Å². The number of rotatable bonds is 3. The Morgan fingerprint density at radius 1 is 1.77 bits per heavy atom. The number of hydrogen-bond acceptors (Lipinski definition) is 3. The number of thiazole rings is 1. The van der Waals surface area contributed by atoms with Crippen molar-refractivity contribution in [1.29, 1.82) is 0 Å². The molecule has 0 bridgehead atoms. The van der Waals surface area contributed by atoms with Gasteiger partial charge in [0.25, 0.3) is 0 Å². The van der Waals surface area contributed by atoms with E-state index in [2.05, 4.69) is 20.9 Å². The van der Waals surface area contributed by atoms with Crippen molar-refractivity contribution in [2.75, 3.05) is 0 Å². The predicted molar refractivity (Wildman–Crippen MR) is 54.9 cm³/mol. The summed E-state index contributed by atoms with van der Waals surface area (Å²) in [5.74, 6) is -0.795. The average molecular weight is 264 g/mol. The van der Waals surface area contributed by atoms with E-state index in [4.69, 9.17) is 5.11 Å². The molecule has 1 aromatic rings. The lowest BCUT2D eigenvalue weighted by Crippen LogP contribution is -2.26. The van der Waals surface area contributed by atoms with Crippen LogP contribution in [0.3, 0.4) is 0 Å². The van der Waals surface area contributed by atoms with Gasteiger partial charge >= 0.3 is 5.97 Å². The summed E-state index contributed by atoms with van der Waals surface area (Å²) in [4.78, 5) is 14.9. The highest BCUT2D eigenvalue weighted by Crippen LogP contribution is 2.24. The van der Waals surface area contributed by atoms with Crippen molar-refractivity contribution in [3.8, 4) is 0 Å².